The van der Waals surface area contributed by atoms with Crippen LogP contribution in [0.25, 0.3) is 0 Å². The van der Waals surface area contributed by atoms with E-state index in [4.69, 9.17) is 18.9 Å². The largest absolute Gasteiger partial charge is 0.490 e. The molecule has 1 fully saturated rings. The summed E-state index contributed by atoms with van der Waals surface area (Å²) in [5, 5.41) is 0. The van der Waals surface area contributed by atoms with Gasteiger partial charge in [0.05, 0.1) is 6.10 Å². The van der Waals surface area contributed by atoms with E-state index in [2.05, 4.69) is 6.58 Å². The number of ether oxygens (including phenoxy) is 4. The van der Waals surface area contributed by atoms with E-state index in [1.54, 1.807) is 6.92 Å². The van der Waals surface area contributed by atoms with Crippen molar-refractivity contribution < 1.29 is 23.7 Å². The fourth-order valence-corrected chi connectivity index (χ4v) is 2.38. The molecule has 0 aliphatic carbocycles. The van der Waals surface area contributed by atoms with E-state index in [9.17, 15) is 4.79 Å². The normalized spacial score (nSPS) is 18.7. The standard InChI is InChI=1S/C19H26O5/c1-14(2)19(20)23-13-12-21-17-9-7-16(8-10-17)15(3)24-18-6-4-5-11-22-18/h7-10,15,18H,1,4-6,11-13H2,2-3H3. The van der Waals surface area contributed by atoms with Crippen LogP contribution in [0.4, 0.5) is 0 Å². The highest BCUT2D eigenvalue weighted by molar-refractivity contribution is 5.86. The van der Waals surface area contributed by atoms with Crippen molar-refractivity contribution in [3.63, 3.8) is 0 Å². The monoisotopic (exact) mass is 334 g/mol. The van der Waals surface area contributed by atoms with Crippen molar-refractivity contribution in [2.24, 2.45) is 0 Å². The maximum absolute atomic E-state index is 11.2. The first-order valence-electron chi connectivity index (χ1n) is 8.38. The van der Waals surface area contributed by atoms with Crippen molar-refractivity contribution in [2.45, 2.75) is 45.5 Å². The van der Waals surface area contributed by atoms with Gasteiger partial charge in [0.15, 0.2) is 6.29 Å². The second-order valence-electron chi connectivity index (χ2n) is 5.91. The highest BCUT2D eigenvalue weighted by Crippen LogP contribution is 2.25. The lowest BCUT2D eigenvalue weighted by atomic mass is 10.1. The molecule has 5 nitrogen and oxygen atoms in total. The number of carbonyl (C=O) groups excluding carboxylic acids is 1. The number of benzene rings is 1. The van der Waals surface area contributed by atoms with Gasteiger partial charge in [0.25, 0.3) is 0 Å². The van der Waals surface area contributed by atoms with Crippen LogP contribution in [-0.2, 0) is 19.0 Å². The molecule has 0 aromatic heterocycles. The second kappa shape index (κ2) is 9.45. The molecule has 0 spiro atoms. The van der Waals surface area contributed by atoms with Gasteiger partial charge in [-0.2, -0.15) is 0 Å². The van der Waals surface area contributed by atoms with Gasteiger partial charge in [0, 0.05) is 12.2 Å². The van der Waals surface area contributed by atoms with Crippen molar-refractivity contribution in [3.8, 4) is 5.75 Å². The average Bonchev–Trinajstić information content (AvgIpc) is 2.59. The van der Waals surface area contributed by atoms with E-state index in [-0.39, 0.29) is 19.0 Å². The van der Waals surface area contributed by atoms with Crippen LogP contribution in [0, 0.1) is 0 Å². The molecule has 0 saturated carbocycles. The van der Waals surface area contributed by atoms with E-state index in [0.717, 1.165) is 37.2 Å². The van der Waals surface area contributed by atoms with E-state index in [1.165, 1.54) is 0 Å². The number of rotatable bonds is 8. The average molecular weight is 334 g/mol. The van der Waals surface area contributed by atoms with Crippen molar-refractivity contribution in [2.75, 3.05) is 19.8 Å². The van der Waals surface area contributed by atoms with Crippen LogP contribution >= 0.6 is 0 Å². The molecule has 1 aliphatic rings. The highest BCUT2D eigenvalue weighted by atomic mass is 16.7. The Kier molecular flexibility index (Phi) is 7.28. The minimum absolute atomic E-state index is 0.0290. The van der Waals surface area contributed by atoms with Crippen molar-refractivity contribution >= 4 is 5.97 Å². The number of carbonyl (C=O) groups is 1. The molecule has 1 aliphatic heterocycles. The fraction of sp³-hybridized carbons (Fsp3) is 0.526. The Morgan fingerprint density at radius 1 is 1.29 bits per heavy atom. The van der Waals surface area contributed by atoms with Crippen LogP contribution < -0.4 is 4.74 Å². The molecule has 2 rings (SSSR count). The smallest absolute Gasteiger partial charge is 0.333 e. The molecular weight excluding hydrogens is 308 g/mol. The Balaban J connectivity index is 1.73. The van der Waals surface area contributed by atoms with Crippen molar-refractivity contribution in [1.82, 2.24) is 0 Å². The fourth-order valence-electron chi connectivity index (χ4n) is 2.38. The molecule has 0 N–H and O–H groups in total. The minimum atomic E-state index is -0.398. The summed E-state index contributed by atoms with van der Waals surface area (Å²) in [5.74, 6) is 0.330. The maximum atomic E-state index is 11.2. The Morgan fingerprint density at radius 3 is 2.67 bits per heavy atom. The zero-order valence-electron chi connectivity index (χ0n) is 14.5. The third-order valence-corrected chi connectivity index (χ3v) is 3.78. The van der Waals surface area contributed by atoms with Gasteiger partial charge in [-0.3, -0.25) is 0 Å². The molecule has 1 aromatic rings. The van der Waals surface area contributed by atoms with Crippen molar-refractivity contribution in [1.29, 1.82) is 0 Å². The van der Waals surface area contributed by atoms with Crippen LogP contribution in [0.5, 0.6) is 5.75 Å². The third-order valence-electron chi connectivity index (χ3n) is 3.78. The lowest BCUT2D eigenvalue weighted by Gasteiger charge is -2.26. The number of esters is 1. The molecule has 132 valence electrons. The third kappa shape index (κ3) is 5.98. The predicted octanol–water partition coefficient (Wildman–Crippen LogP) is 3.79. The lowest BCUT2D eigenvalue weighted by molar-refractivity contribution is -0.186. The quantitative estimate of drug-likeness (QED) is 0.411. The van der Waals surface area contributed by atoms with Gasteiger partial charge in [-0.25, -0.2) is 4.79 Å². The minimum Gasteiger partial charge on any atom is -0.490 e. The van der Waals surface area contributed by atoms with E-state index >= 15 is 0 Å². The Morgan fingerprint density at radius 2 is 2.04 bits per heavy atom. The van der Waals surface area contributed by atoms with E-state index in [0.29, 0.717) is 12.2 Å². The first-order chi connectivity index (χ1) is 11.6. The van der Waals surface area contributed by atoms with Gasteiger partial charge in [-0.05, 0) is 50.8 Å². The van der Waals surface area contributed by atoms with E-state index < -0.39 is 5.97 Å². The highest BCUT2D eigenvalue weighted by Gasteiger charge is 2.18. The number of hydrogen-bond acceptors (Lipinski definition) is 5. The Labute approximate surface area is 143 Å². The molecular formula is C19H26O5. The first kappa shape index (κ1) is 18.5. The second-order valence-corrected chi connectivity index (χ2v) is 5.91. The van der Waals surface area contributed by atoms with Gasteiger partial charge in [-0.1, -0.05) is 18.7 Å². The molecule has 0 amide bonds. The van der Waals surface area contributed by atoms with Gasteiger partial charge >= 0.3 is 5.97 Å². The molecule has 1 aromatic carbocycles. The van der Waals surface area contributed by atoms with Gasteiger partial charge < -0.3 is 18.9 Å². The van der Waals surface area contributed by atoms with Crippen LogP contribution in [0.2, 0.25) is 0 Å². The molecule has 2 unspecified atom stereocenters. The molecule has 1 heterocycles. The summed E-state index contributed by atoms with van der Waals surface area (Å²) >= 11 is 0. The zero-order chi connectivity index (χ0) is 17.4. The summed E-state index contributed by atoms with van der Waals surface area (Å²) in [6, 6.07) is 7.72. The summed E-state index contributed by atoms with van der Waals surface area (Å²) in [4.78, 5) is 11.2. The molecule has 1 saturated heterocycles. The van der Waals surface area contributed by atoms with Gasteiger partial charge in [-0.15, -0.1) is 0 Å². The molecule has 24 heavy (non-hydrogen) atoms. The Hall–Kier alpha value is -1.85. The summed E-state index contributed by atoms with van der Waals surface area (Å²) in [6.07, 6.45) is 3.09. The Bertz CT molecular complexity index is 531. The van der Waals surface area contributed by atoms with Gasteiger partial charge in [0.1, 0.15) is 19.0 Å². The summed E-state index contributed by atoms with van der Waals surface area (Å²) < 4.78 is 22.1. The van der Waals surface area contributed by atoms with Crippen LogP contribution in [0.3, 0.4) is 0 Å². The molecule has 0 radical (unpaired) electrons. The molecule has 5 heteroatoms. The van der Waals surface area contributed by atoms with Gasteiger partial charge in [0.2, 0.25) is 0 Å². The van der Waals surface area contributed by atoms with E-state index in [1.807, 2.05) is 31.2 Å². The zero-order valence-corrected chi connectivity index (χ0v) is 14.5. The maximum Gasteiger partial charge on any atom is 0.333 e. The van der Waals surface area contributed by atoms with Crippen LogP contribution in [0.1, 0.15) is 44.8 Å². The number of hydrogen-bond donors (Lipinski definition) is 0. The summed E-state index contributed by atoms with van der Waals surface area (Å²) in [7, 11) is 0. The lowest BCUT2D eigenvalue weighted by Crippen LogP contribution is -2.23. The first-order valence-corrected chi connectivity index (χ1v) is 8.38. The summed E-state index contributed by atoms with van der Waals surface area (Å²) in [5.41, 5.74) is 1.46. The van der Waals surface area contributed by atoms with Crippen LogP contribution in [0.15, 0.2) is 36.4 Å². The topological polar surface area (TPSA) is 54.0 Å². The van der Waals surface area contributed by atoms with Crippen molar-refractivity contribution in [3.05, 3.63) is 42.0 Å². The SMILES string of the molecule is C=C(C)C(=O)OCCOc1ccc(C(C)OC2CCCCO2)cc1. The predicted molar refractivity (Wildman–Crippen MR) is 90.8 cm³/mol. The molecule has 2 atom stereocenters. The summed E-state index contributed by atoms with van der Waals surface area (Å²) in [6.45, 7) is 8.44. The molecule has 0 bridgehead atoms. The van der Waals surface area contributed by atoms with Crippen LogP contribution in [-0.4, -0.2) is 32.1 Å².